The number of anilines is 2. The Balaban J connectivity index is 1.03. The van der Waals surface area contributed by atoms with Crippen LogP contribution < -0.4 is 20.7 Å². The summed E-state index contributed by atoms with van der Waals surface area (Å²) in [5.41, 5.74) is 9.82. The molecule has 3 fully saturated rings. The Kier molecular flexibility index (Phi) is 8.33. The van der Waals surface area contributed by atoms with E-state index in [4.69, 9.17) is 22.1 Å². The normalized spacial score (nSPS) is 25.3. The van der Waals surface area contributed by atoms with Gasteiger partial charge in [0, 0.05) is 54.9 Å². The maximum Gasteiger partial charge on any atom is 0.265 e. The molecule has 0 aliphatic carbocycles. The molecule has 0 radical (unpaired) electrons. The van der Waals surface area contributed by atoms with Gasteiger partial charge in [-0.2, -0.15) is 9.40 Å². The zero-order valence-electron chi connectivity index (χ0n) is 28.7. The summed E-state index contributed by atoms with van der Waals surface area (Å²) in [6.07, 6.45) is 7.49. The molecule has 4 aliphatic heterocycles. The van der Waals surface area contributed by atoms with Crippen LogP contribution in [-0.2, 0) is 16.6 Å². The molecule has 2 unspecified atom stereocenters. The van der Waals surface area contributed by atoms with Crippen LogP contribution in [0.5, 0.6) is 5.75 Å². The highest BCUT2D eigenvalue weighted by Gasteiger charge is 2.42. The summed E-state index contributed by atoms with van der Waals surface area (Å²) in [4.78, 5) is 23.6. The third kappa shape index (κ3) is 5.82. The number of carbonyl (C=O) groups is 1. The molecular formula is C35H43ClN8O4S2. The van der Waals surface area contributed by atoms with Crippen LogP contribution in [0.1, 0.15) is 74.5 Å². The molecule has 2 bridgehead atoms. The largest absolute Gasteiger partial charge is 0.489 e. The van der Waals surface area contributed by atoms with Crippen molar-refractivity contribution in [2.45, 2.75) is 101 Å². The van der Waals surface area contributed by atoms with Crippen molar-refractivity contribution in [2.75, 3.05) is 30.8 Å². The molecule has 12 nitrogen and oxygen atoms in total. The van der Waals surface area contributed by atoms with E-state index in [1.807, 2.05) is 39.0 Å². The second-order valence-electron chi connectivity index (χ2n) is 15.1. The van der Waals surface area contributed by atoms with Crippen molar-refractivity contribution in [3.8, 4) is 17.0 Å². The number of halogens is 1. The number of nitrogens with two attached hydrogens (primary N) is 1. The first-order valence-corrected chi connectivity index (χ1v) is 19.9. The van der Waals surface area contributed by atoms with E-state index in [0.717, 1.165) is 54.7 Å². The number of nitrogens with zero attached hydrogens (tertiary/aromatic N) is 6. The Hall–Kier alpha value is -3.43. The summed E-state index contributed by atoms with van der Waals surface area (Å²) in [6, 6.07) is 10.2. The number of nitrogens with one attached hydrogen (secondary N) is 1. The number of hydrogen-bond acceptors (Lipinski definition) is 10. The highest BCUT2D eigenvalue weighted by atomic mass is 35.5. The molecule has 15 heteroatoms. The van der Waals surface area contributed by atoms with E-state index in [1.54, 1.807) is 16.6 Å². The molecule has 0 saturated carbocycles. The third-order valence-electron chi connectivity index (χ3n) is 10.9. The molecule has 3 saturated heterocycles. The number of rotatable bonds is 6. The Morgan fingerprint density at radius 3 is 2.62 bits per heavy atom. The van der Waals surface area contributed by atoms with Crippen molar-refractivity contribution >= 4 is 55.9 Å². The number of benzene rings is 1. The van der Waals surface area contributed by atoms with E-state index >= 15 is 0 Å². The van der Waals surface area contributed by atoms with Crippen LogP contribution in [0.4, 0.5) is 11.5 Å². The average Bonchev–Trinajstić information content (AvgIpc) is 3.76. The number of sulfonamides is 1. The van der Waals surface area contributed by atoms with Crippen LogP contribution in [0.3, 0.4) is 0 Å². The Morgan fingerprint density at radius 1 is 1.12 bits per heavy atom. The summed E-state index contributed by atoms with van der Waals surface area (Å²) in [6.45, 7) is 7.34. The fourth-order valence-corrected chi connectivity index (χ4v) is 11.4. The fraction of sp³-hybridized carbons (Fsp3) is 0.514. The summed E-state index contributed by atoms with van der Waals surface area (Å²) in [5, 5.41) is 7.84. The van der Waals surface area contributed by atoms with Gasteiger partial charge in [-0.15, -0.1) is 11.3 Å². The highest BCUT2D eigenvalue weighted by molar-refractivity contribution is 7.89. The summed E-state index contributed by atoms with van der Waals surface area (Å²) in [7, 11) is -1.39. The Morgan fingerprint density at radius 2 is 1.88 bits per heavy atom. The van der Waals surface area contributed by atoms with Crippen molar-refractivity contribution < 1.29 is 17.9 Å². The third-order valence-corrected chi connectivity index (χ3v) is 14.3. The number of carbonyl (C=O) groups excluding carboxylic acids is 1. The number of piperidine rings is 2. The molecule has 3 atom stereocenters. The molecule has 7 heterocycles. The zero-order chi connectivity index (χ0) is 35.1. The van der Waals surface area contributed by atoms with E-state index in [2.05, 4.69) is 32.2 Å². The van der Waals surface area contributed by atoms with Gasteiger partial charge < -0.3 is 25.6 Å². The van der Waals surface area contributed by atoms with Gasteiger partial charge in [0.25, 0.3) is 5.91 Å². The molecule has 4 aromatic rings. The van der Waals surface area contributed by atoms with Gasteiger partial charge in [-0.3, -0.25) is 4.79 Å². The second kappa shape index (κ2) is 12.4. The van der Waals surface area contributed by atoms with Crippen molar-refractivity contribution in [3.05, 3.63) is 51.4 Å². The molecule has 266 valence electrons. The van der Waals surface area contributed by atoms with E-state index in [1.165, 1.54) is 34.8 Å². The smallest absolute Gasteiger partial charge is 0.265 e. The predicted octanol–water partition coefficient (Wildman–Crippen LogP) is 5.40. The van der Waals surface area contributed by atoms with Crippen LogP contribution in [-0.4, -0.2) is 88.0 Å². The molecule has 8 rings (SSSR count). The minimum Gasteiger partial charge on any atom is -0.489 e. The monoisotopic (exact) mass is 738 g/mol. The van der Waals surface area contributed by atoms with Gasteiger partial charge in [0.05, 0.1) is 20.6 Å². The van der Waals surface area contributed by atoms with Crippen LogP contribution in [0, 0.1) is 0 Å². The van der Waals surface area contributed by atoms with Gasteiger partial charge in [-0.05, 0) is 90.1 Å². The van der Waals surface area contributed by atoms with Gasteiger partial charge in [-0.1, -0.05) is 17.7 Å². The molecule has 4 aliphatic rings. The summed E-state index contributed by atoms with van der Waals surface area (Å²) < 4.78 is 37.0. The summed E-state index contributed by atoms with van der Waals surface area (Å²) in [5.74, 6) is 0.731. The van der Waals surface area contributed by atoms with Gasteiger partial charge in [-0.25, -0.2) is 17.9 Å². The minimum absolute atomic E-state index is 0.0728. The molecule has 0 spiro atoms. The first-order chi connectivity index (χ1) is 23.8. The number of hydrogen-bond donors (Lipinski definition) is 2. The number of ether oxygens (including phenoxy) is 1. The van der Waals surface area contributed by atoms with Gasteiger partial charge in [0.1, 0.15) is 28.6 Å². The topological polar surface area (TPSA) is 138 Å². The lowest BCUT2D eigenvalue weighted by Gasteiger charge is -2.36. The minimum atomic E-state index is -3.59. The van der Waals surface area contributed by atoms with Gasteiger partial charge >= 0.3 is 0 Å². The van der Waals surface area contributed by atoms with Crippen molar-refractivity contribution in [3.63, 3.8) is 0 Å². The molecule has 3 N–H and O–H groups in total. The molecule has 3 aromatic heterocycles. The summed E-state index contributed by atoms with van der Waals surface area (Å²) >= 11 is 7.70. The lowest BCUT2D eigenvalue weighted by molar-refractivity contribution is 0.0652. The van der Waals surface area contributed by atoms with Crippen molar-refractivity contribution in [2.24, 2.45) is 0 Å². The van der Waals surface area contributed by atoms with Crippen LogP contribution in [0.25, 0.3) is 16.8 Å². The van der Waals surface area contributed by atoms with Gasteiger partial charge in [0.15, 0.2) is 5.82 Å². The first kappa shape index (κ1) is 33.7. The maximum absolute atomic E-state index is 13.7. The Bertz CT molecular complexity index is 2080. The number of nitrogen functional groups attached to an aromatic ring is 1. The number of aromatic nitrogens is 3. The highest BCUT2D eigenvalue weighted by Crippen LogP contribution is 2.42. The number of amides is 1. The molecule has 50 heavy (non-hydrogen) atoms. The van der Waals surface area contributed by atoms with E-state index in [0.29, 0.717) is 56.4 Å². The predicted molar refractivity (Wildman–Crippen MR) is 196 cm³/mol. The number of thiophene rings is 1. The number of fused-ring (bicyclic) bond motifs is 4. The van der Waals surface area contributed by atoms with E-state index in [-0.39, 0.29) is 18.1 Å². The van der Waals surface area contributed by atoms with Crippen molar-refractivity contribution in [1.29, 1.82) is 0 Å². The SMILES string of the molecule is CN1C2CCC1CC(Oc1cc(Cl)sc1C(=O)N[C@@H]1CCCN(c3cc(-c4ccc5c(c4)CN(C(C)(C)C)S5(=O)=O)n4ncnc(N)c34)C1)C2. The second-order valence-corrected chi connectivity index (χ2v) is 18.6. The zero-order valence-corrected chi connectivity index (χ0v) is 31.1. The average molecular weight is 739 g/mol. The lowest BCUT2D eigenvalue weighted by atomic mass is 10.0. The van der Waals surface area contributed by atoms with Crippen LogP contribution in [0.15, 0.2) is 41.6 Å². The van der Waals surface area contributed by atoms with Crippen LogP contribution >= 0.6 is 22.9 Å². The van der Waals surface area contributed by atoms with E-state index < -0.39 is 15.6 Å². The Labute approximate surface area is 301 Å². The maximum atomic E-state index is 13.7. The quantitative estimate of drug-likeness (QED) is 0.266. The first-order valence-electron chi connectivity index (χ1n) is 17.3. The van der Waals surface area contributed by atoms with E-state index in [9.17, 15) is 13.2 Å². The standard InChI is InChI=1S/C35H43ClN8O4S2/c1-35(2,3)43-17-21-12-20(7-10-29(21)50(43,46)47)26-15-27(31-33(37)38-19-39-44(26)31)42-11-5-6-22(18-42)40-34(45)32-28(16-30(36)49-32)48-25-13-23-8-9-24(14-25)41(23)4/h7,10,12,15-16,19,22-25H,5-6,8-9,11,13-14,17-18H2,1-4H3,(H,40,45)(H2,37,38,39)/t22-,23?,24?,25?/m1/s1. The molecule has 1 amide bonds. The van der Waals surface area contributed by atoms with Gasteiger partial charge in [0.2, 0.25) is 10.0 Å². The van der Waals surface area contributed by atoms with Crippen molar-refractivity contribution in [1.82, 2.24) is 29.1 Å². The fourth-order valence-electron chi connectivity index (χ4n) is 8.36. The molecule has 1 aromatic carbocycles. The lowest BCUT2D eigenvalue weighted by Crippen LogP contribution is -2.48. The molecular weight excluding hydrogens is 696 g/mol. The van der Waals surface area contributed by atoms with Crippen LogP contribution in [0.2, 0.25) is 4.34 Å².